The summed E-state index contributed by atoms with van der Waals surface area (Å²) >= 11 is 0. The Balaban J connectivity index is 2.43. The SMILES string of the molecule is Nc1ccc(O)cc1C(=O)c1ccc(F)cc1. The van der Waals surface area contributed by atoms with Crippen LogP contribution in [0.15, 0.2) is 42.5 Å². The Bertz CT molecular complexity index is 564. The predicted molar refractivity (Wildman–Crippen MR) is 62.4 cm³/mol. The zero-order valence-electron chi connectivity index (χ0n) is 8.85. The zero-order valence-corrected chi connectivity index (χ0v) is 8.85. The molecule has 0 saturated carbocycles. The van der Waals surface area contributed by atoms with Gasteiger partial charge in [0, 0.05) is 16.8 Å². The molecule has 0 fully saturated rings. The van der Waals surface area contributed by atoms with Gasteiger partial charge in [-0.15, -0.1) is 0 Å². The summed E-state index contributed by atoms with van der Waals surface area (Å²) in [5, 5.41) is 9.31. The first-order chi connectivity index (χ1) is 8.08. The van der Waals surface area contributed by atoms with Gasteiger partial charge in [0.25, 0.3) is 0 Å². The maximum absolute atomic E-state index is 12.7. The van der Waals surface area contributed by atoms with Gasteiger partial charge in [-0.3, -0.25) is 4.79 Å². The number of nitrogen functional groups attached to an aromatic ring is 1. The maximum Gasteiger partial charge on any atom is 0.195 e. The molecule has 0 aromatic heterocycles. The topological polar surface area (TPSA) is 63.3 Å². The summed E-state index contributed by atoms with van der Waals surface area (Å²) in [7, 11) is 0. The molecule has 0 aliphatic rings. The van der Waals surface area contributed by atoms with Gasteiger partial charge in [0.15, 0.2) is 5.78 Å². The van der Waals surface area contributed by atoms with Crippen LogP contribution >= 0.6 is 0 Å². The smallest absolute Gasteiger partial charge is 0.195 e. The van der Waals surface area contributed by atoms with Crippen molar-refractivity contribution in [2.45, 2.75) is 0 Å². The van der Waals surface area contributed by atoms with Gasteiger partial charge in [-0.2, -0.15) is 0 Å². The first kappa shape index (κ1) is 11.1. The van der Waals surface area contributed by atoms with Gasteiger partial charge in [-0.05, 0) is 42.5 Å². The van der Waals surface area contributed by atoms with Gasteiger partial charge >= 0.3 is 0 Å². The van der Waals surface area contributed by atoms with Gasteiger partial charge in [0.05, 0.1) is 0 Å². The number of phenols is 1. The second kappa shape index (κ2) is 4.25. The molecule has 0 radical (unpaired) electrons. The summed E-state index contributed by atoms with van der Waals surface area (Å²) in [6.07, 6.45) is 0. The maximum atomic E-state index is 12.7. The monoisotopic (exact) mass is 231 g/mol. The van der Waals surface area contributed by atoms with E-state index in [1.165, 1.54) is 42.5 Å². The lowest BCUT2D eigenvalue weighted by Crippen LogP contribution is -2.05. The van der Waals surface area contributed by atoms with Gasteiger partial charge in [0.1, 0.15) is 11.6 Å². The third-order valence-corrected chi connectivity index (χ3v) is 2.39. The molecule has 0 heterocycles. The van der Waals surface area contributed by atoms with E-state index in [0.29, 0.717) is 5.56 Å². The van der Waals surface area contributed by atoms with Crippen molar-refractivity contribution >= 4 is 11.5 Å². The number of halogens is 1. The quantitative estimate of drug-likeness (QED) is 0.473. The second-order valence-electron chi connectivity index (χ2n) is 3.61. The molecule has 0 atom stereocenters. The average molecular weight is 231 g/mol. The number of anilines is 1. The number of ketones is 1. The summed E-state index contributed by atoms with van der Waals surface area (Å²) in [5.74, 6) is -0.798. The van der Waals surface area contributed by atoms with Gasteiger partial charge in [-0.25, -0.2) is 4.39 Å². The Morgan fingerprint density at radius 1 is 1.12 bits per heavy atom. The lowest BCUT2D eigenvalue weighted by Gasteiger charge is -2.05. The minimum Gasteiger partial charge on any atom is -0.508 e. The summed E-state index contributed by atoms with van der Waals surface area (Å²) in [6, 6.07) is 9.30. The highest BCUT2D eigenvalue weighted by Gasteiger charge is 2.12. The van der Waals surface area contributed by atoms with Crippen LogP contribution in [0.25, 0.3) is 0 Å². The summed E-state index contributed by atoms with van der Waals surface area (Å²) in [4.78, 5) is 12.0. The minimum absolute atomic E-state index is 0.0374. The Labute approximate surface area is 97.3 Å². The number of nitrogens with two attached hydrogens (primary N) is 1. The Morgan fingerprint density at radius 3 is 2.41 bits per heavy atom. The third-order valence-electron chi connectivity index (χ3n) is 2.39. The predicted octanol–water partition coefficient (Wildman–Crippen LogP) is 2.34. The van der Waals surface area contributed by atoms with Gasteiger partial charge < -0.3 is 10.8 Å². The number of carbonyl (C=O) groups is 1. The lowest BCUT2D eigenvalue weighted by molar-refractivity contribution is 0.103. The Kier molecular flexibility index (Phi) is 2.78. The normalized spacial score (nSPS) is 10.2. The first-order valence-corrected chi connectivity index (χ1v) is 4.96. The average Bonchev–Trinajstić information content (AvgIpc) is 2.32. The minimum atomic E-state index is -0.412. The van der Waals surface area contributed by atoms with Crippen LogP contribution in [0, 0.1) is 5.82 Å². The summed E-state index contributed by atoms with van der Waals surface area (Å²) < 4.78 is 12.7. The van der Waals surface area contributed by atoms with Crippen LogP contribution in [0.4, 0.5) is 10.1 Å². The van der Waals surface area contributed by atoms with E-state index >= 15 is 0 Å². The molecule has 2 aromatic carbocycles. The van der Waals surface area contributed by atoms with Crippen LogP contribution in [0.1, 0.15) is 15.9 Å². The standard InChI is InChI=1S/C13H10FNO2/c14-9-3-1-8(2-4-9)13(17)11-7-10(16)5-6-12(11)15/h1-7,16H,15H2. The van der Waals surface area contributed by atoms with Crippen molar-refractivity contribution in [3.63, 3.8) is 0 Å². The molecule has 4 heteroatoms. The fourth-order valence-electron chi connectivity index (χ4n) is 1.50. The fourth-order valence-corrected chi connectivity index (χ4v) is 1.50. The van der Waals surface area contributed by atoms with Crippen LogP contribution in [0.2, 0.25) is 0 Å². The van der Waals surface area contributed by atoms with Crippen LogP contribution in [0.3, 0.4) is 0 Å². The van der Waals surface area contributed by atoms with E-state index in [0.717, 1.165) is 0 Å². The van der Waals surface area contributed by atoms with Crippen LogP contribution in [-0.4, -0.2) is 10.9 Å². The Morgan fingerprint density at radius 2 is 1.76 bits per heavy atom. The molecule has 0 bridgehead atoms. The van der Waals surface area contributed by atoms with E-state index in [1.54, 1.807) is 0 Å². The van der Waals surface area contributed by atoms with Crippen molar-refractivity contribution in [2.75, 3.05) is 5.73 Å². The third kappa shape index (κ3) is 2.25. The van der Waals surface area contributed by atoms with Crippen molar-refractivity contribution in [1.82, 2.24) is 0 Å². The van der Waals surface area contributed by atoms with Crippen molar-refractivity contribution in [1.29, 1.82) is 0 Å². The number of benzene rings is 2. The van der Waals surface area contributed by atoms with E-state index in [4.69, 9.17) is 5.73 Å². The molecule has 0 unspecified atom stereocenters. The van der Waals surface area contributed by atoms with Crippen molar-refractivity contribution in [3.8, 4) is 5.75 Å². The molecule has 2 aromatic rings. The molecule has 0 aliphatic heterocycles. The van der Waals surface area contributed by atoms with Gasteiger partial charge in [0.2, 0.25) is 0 Å². The number of carbonyl (C=O) groups excluding carboxylic acids is 1. The van der Waals surface area contributed by atoms with E-state index in [-0.39, 0.29) is 22.8 Å². The highest BCUT2D eigenvalue weighted by atomic mass is 19.1. The van der Waals surface area contributed by atoms with E-state index in [9.17, 15) is 14.3 Å². The number of hydrogen-bond acceptors (Lipinski definition) is 3. The van der Waals surface area contributed by atoms with Crippen LogP contribution < -0.4 is 5.73 Å². The molecule has 3 nitrogen and oxygen atoms in total. The molecule has 3 N–H and O–H groups in total. The van der Waals surface area contributed by atoms with Crippen molar-refractivity contribution in [3.05, 3.63) is 59.4 Å². The summed E-state index contributed by atoms with van der Waals surface area (Å²) in [5.41, 5.74) is 6.45. The van der Waals surface area contributed by atoms with Crippen LogP contribution in [-0.2, 0) is 0 Å². The molecule has 2 rings (SSSR count). The highest BCUT2D eigenvalue weighted by molar-refractivity contribution is 6.12. The molecule has 0 aliphatic carbocycles. The van der Waals surface area contributed by atoms with Gasteiger partial charge in [-0.1, -0.05) is 0 Å². The van der Waals surface area contributed by atoms with Crippen molar-refractivity contribution < 1.29 is 14.3 Å². The van der Waals surface area contributed by atoms with E-state index in [2.05, 4.69) is 0 Å². The number of aromatic hydroxyl groups is 1. The summed E-state index contributed by atoms with van der Waals surface area (Å²) in [6.45, 7) is 0. The largest absolute Gasteiger partial charge is 0.508 e. The van der Waals surface area contributed by atoms with E-state index < -0.39 is 5.82 Å². The van der Waals surface area contributed by atoms with E-state index in [1.807, 2.05) is 0 Å². The zero-order chi connectivity index (χ0) is 12.4. The lowest BCUT2D eigenvalue weighted by atomic mass is 10.0. The molecule has 0 saturated heterocycles. The van der Waals surface area contributed by atoms with Crippen molar-refractivity contribution in [2.24, 2.45) is 0 Å². The molecule has 17 heavy (non-hydrogen) atoms. The molecular weight excluding hydrogens is 221 g/mol. The highest BCUT2D eigenvalue weighted by Crippen LogP contribution is 2.21. The molecule has 0 spiro atoms. The second-order valence-corrected chi connectivity index (χ2v) is 3.61. The number of rotatable bonds is 2. The number of phenolic OH excluding ortho intramolecular Hbond substituents is 1. The van der Waals surface area contributed by atoms with Crippen LogP contribution in [0.5, 0.6) is 5.75 Å². The fraction of sp³-hybridized carbons (Fsp3) is 0. The first-order valence-electron chi connectivity index (χ1n) is 4.96. The Hall–Kier alpha value is -2.36. The molecule has 86 valence electrons. The number of hydrogen-bond donors (Lipinski definition) is 2. The molecule has 0 amide bonds. The molecular formula is C13H10FNO2.